The molecule has 0 aromatic heterocycles. The van der Waals surface area contributed by atoms with Crippen molar-refractivity contribution in [3.05, 3.63) is 72.3 Å². The van der Waals surface area contributed by atoms with E-state index in [1.165, 1.54) is 6.07 Å². The van der Waals surface area contributed by atoms with Crippen molar-refractivity contribution in [1.82, 2.24) is 4.90 Å². The van der Waals surface area contributed by atoms with Crippen LogP contribution >= 0.6 is 0 Å². The quantitative estimate of drug-likeness (QED) is 0.743. The van der Waals surface area contributed by atoms with Crippen molar-refractivity contribution in [3.63, 3.8) is 0 Å². The van der Waals surface area contributed by atoms with E-state index in [1.807, 2.05) is 24.3 Å². The summed E-state index contributed by atoms with van der Waals surface area (Å²) in [6.07, 6.45) is 1.67. The third kappa shape index (κ3) is 5.69. The first-order valence-electron chi connectivity index (χ1n) is 7.74. The van der Waals surface area contributed by atoms with E-state index in [-0.39, 0.29) is 6.54 Å². The second-order valence-corrected chi connectivity index (χ2v) is 5.56. The topological polar surface area (TPSA) is 41.6 Å². The zero-order valence-electron chi connectivity index (χ0n) is 14.0. The number of amides is 1. The number of likely N-dealkylation sites (N-methyl/N-ethyl adjacent to an activating group) is 1. The summed E-state index contributed by atoms with van der Waals surface area (Å²) in [5, 5.41) is 2.27. The van der Waals surface area contributed by atoms with E-state index in [9.17, 15) is 13.6 Å². The van der Waals surface area contributed by atoms with Crippen molar-refractivity contribution in [2.24, 2.45) is 0 Å². The summed E-state index contributed by atoms with van der Waals surface area (Å²) in [7, 11) is 1.75. The Morgan fingerprint density at radius 3 is 2.44 bits per heavy atom. The summed E-state index contributed by atoms with van der Waals surface area (Å²) in [5.74, 6) is -1.35. The van der Waals surface area contributed by atoms with Crippen molar-refractivity contribution in [2.45, 2.75) is 6.54 Å². The Balaban J connectivity index is 1.88. The maximum absolute atomic E-state index is 13.5. The molecule has 0 unspecified atom stereocenters. The van der Waals surface area contributed by atoms with Crippen LogP contribution < -0.4 is 10.1 Å². The maximum atomic E-state index is 13.5. The molecular weight excluding hydrogens is 326 g/mol. The summed E-state index contributed by atoms with van der Waals surface area (Å²) in [6, 6.07) is 10.9. The minimum Gasteiger partial charge on any atom is -0.490 e. The number of benzene rings is 2. The number of para-hydroxylation sites is 1. The van der Waals surface area contributed by atoms with E-state index in [4.69, 9.17) is 4.74 Å². The molecule has 2 aromatic carbocycles. The lowest BCUT2D eigenvalue weighted by Crippen LogP contribution is -2.30. The van der Waals surface area contributed by atoms with Crippen LogP contribution in [0.5, 0.6) is 5.75 Å². The number of rotatable bonds is 8. The van der Waals surface area contributed by atoms with Crippen molar-refractivity contribution in [2.75, 3.05) is 25.5 Å². The molecule has 0 aliphatic carbocycles. The minimum absolute atomic E-state index is 0.00247. The molecule has 0 saturated carbocycles. The summed E-state index contributed by atoms with van der Waals surface area (Å²) in [5.41, 5.74) is 0.558. The molecule has 132 valence electrons. The van der Waals surface area contributed by atoms with E-state index in [0.29, 0.717) is 13.2 Å². The highest BCUT2D eigenvalue weighted by Gasteiger charge is 2.13. The first-order valence-corrected chi connectivity index (χ1v) is 7.74. The normalized spacial score (nSPS) is 10.6. The van der Waals surface area contributed by atoms with Gasteiger partial charge in [0.05, 0.1) is 6.54 Å². The van der Waals surface area contributed by atoms with Crippen molar-refractivity contribution in [1.29, 1.82) is 0 Å². The molecule has 0 fully saturated rings. The Kier molecular flexibility index (Phi) is 6.65. The van der Waals surface area contributed by atoms with Crippen LogP contribution in [0.2, 0.25) is 0 Å². The van der Waals surface area contributed by atoms with E-state index in [0.717, 1.165) is 23.4 Å². The Hall–Kier alpha value is -2.73. The third-order valence-electron chi connectivity index (χ3n) is 3.38. The van der Waals surface area contributed by atoms with E-state index in [2.05, 4.69) is 11.9 Å². The number of halogens is 2. The lowest BCUT2D eigenvalue weighted by Gasteiger charge is -2.17. The van der Waals surface area contributed by atoms with E-state index < -0.39 is 23.2 Å². The Bertz CT molecular complexity index is 712. The number of ether oxygens (including phenoxy) is 1. The van der Waals surface area contributed by atoms with Gasteiger partial charge in [0.15, 0.2) is 0 Å². The van der Waals surface area contributed by atoms with Crippen LogP contribution in [-0.4, -0.2) is 31.0 Å². The molecule has 2 aromatic rings. The lowest BCUT2D eigenvalue weighted by atomic mass is 10.2. The molecule has 0 heterocycles. The summed E-state index contributed by atoms with van der Waals surface area (Å²) in [4.78, 5) is 13.7. The monoisotopic (exact) mass is 346 g/mol. The van der Waals surface area contributed by atoms with Gasteiger partial charge in [-0.05, 0) is 36.9 Å². The average Bonchev–Trinajstić information content (AvgIpc) is 2.57. The van der Waals surface area contributed by atoms with Gasteiger partial charge in [-0.3, -0.25) is 9.69 Å². The molecular formula is C19H20F2N2O2. The van der Waals surface area contributed by atoms with Crippen molar-refractivity contribution in [3.8, 4) is 5.75 Å². The Labute approximate surface area is 145 Å². The van der Waals surface area contributed by atoms with Crippen LogP contribution in [0, 0.1) is 11.6 Å². The number of hydrogen-bond donors (Lipinski definition) is 1. The first-order chi connectivity index (χ1) is 12.0. The second-order valence-electron chi connectivity index (χ2n) is 5.56. The minimum atomic E-state index is -0.800. The van der Waals surface area contributed by atoms with Gasteiger partial charge in [-0.25, -0.2) is 8.78 Å². The Morgan fingerprint density at radius 2 is 1.84 bits per heavy atom. The first kappa shape index (κ1) is 18.6. The fraction of sp³-hybridized carbons (Fsp3) is 0.211. The highest BCUT2D eigenvalue weighted by atomic mass is 19.1. The van der Waals surface area contributed by atoms with Crippen LogP contribution in [0.3, 0.4) is 0 Å². The number of anilines is 1. The maximum Gasteiger partial charge on any atom is 0.238 e. The molecule has 1 amide bonds. The molecule has 6 heteroatoms. The highest BCUT2D eigenvalue weighted by molar-refractivity contribution is 5.92. The number of nitrogens with one attached hydrogen (secondary N) is 1. The predicted molar refractivity (Wildman–Crippen MR) is 93.5 cm³/mol. The van der Waals surface area contributed by atoms with Crippen LogP contribution in [0.15, 0.2) is 55.1 Å². The van der Waals surface area contributed by atoms with Crippen molar-refractivity contribution < 1.29 is 18.3 Å². The van der Waals surface area contributed by atoms with Crippen LogP contribution in [-0.2, 0) is 11.3 Å². The van der Waals surface area contributed by atoms with Crippen molar-refractivity contribution >= 4 is 11.6 Å². The molecule has 0 saturated heterocycles. The van der Waals surface area contributed by atoms with Gasteiger partial charge in [0.2, 0.25) is 5.91 Å². The molecule has 0 bridgehead atoms. The molecule has 2 rings (SSSR count). The third-order valence-corrected chi connectivity index (χ3v) is 3.38. The van der Waals surface area contributed by atoms with Gasteiger partial charge in [0, 0.05) is 6.54 Å². The van der Waals surface area contributed by atoms with Gasteiger partial charge in [-0.1, -0.05) is 30.9 Å². The van der Waals surface area contributed by atoms with Crippen LogP contribution in [0.4, 0.5) is 14.5 Å². The molecule has 4 nitrogen and oxygen atoms in total. The second kappa shape index (κ2) is 8.94. The molecule has 0 atom stereocenters. The van der Waals surface area contributed by atoms with E-state index in [1.54, 1.807) is 18.0 Å². The van der Waals surface area contributed by atoms with Gasteiger partial charge in [0.25, 0.3) is 0 Å². The lowest BCUT2D eigenvalue weighted by molar-refractivity contribution is -0.117. The molecule has 0 radical (unpaired) electrons. The summed E-state index contributed by atoms with van der Waals surface area (Å²) >= 11 is 0. The Morgan fingerprint density at radius 1 is 1.20 bits per heavy atom. The smallest absolute Gasteiger partial charge is 0.238 e. The van der Waals surface area contributed by atoms with Gasteiger partial charge in [-0.15, -0.1) is 0 Å². The molecule has 0 aliphatic heterocycles. The summed E-state index contributed by atoms with van der Waals surface area (Å²) < 4.78 is 32.5. The van der Waals surface area contributed by atoms with Gasteiger partial charge in [-0.2, -0.15) is 0 Å². The highest BCUT2D eigenvalue weighted by Crippen LogP contribution is 2.18. The fourth-order valence-corrected chi connectivity index (χ4v) is 2.26. The van der Waals surface area contributed by atoms with E-state index >= 15 is 0 Å². The van der Waals surface area contributed by atoms with Gasteiger partial charge < -0.3 is 10.1 Å². The average molecular weight is 346 g/mol. The SMILES string of the molecule is C=CCOc1ccc(CN(C)CC(=O)Nc2c(F)cccc2F)cc1. The molecule has 0 aliphatic rings. The van der Waals surface area contributed by atoms with Gasteiger partial charge >= 0.3 is 0 Å². The number of carbonyl (C=O) groups is 1. The zero-order chi connectivity index (χ0) is 18.2. The van der Waals surface area contributed by atoms with Gasteiger partial charge in [0.1, 0.15) is 29.7 Å². The number of hydrogen-bond acceptors (Lipinski definition) is 3. The number of nitrogens with zero attached hydrogens (tertiary/aromatic N) is 1. The largest absolute Gasteiger partial charge is 0.490 e. The molecule has 1 N–H and O–H groups in total. The van der Waals surface area contributed by atoms with Crippen LogP contribution in [0.25, 0.3) is 0 Å². The standard InChI is InChI=1S/C19H20F2N2O2/c1-3-11-25-15-9-7-14(8-10-15)12-23(2)13-18(24)22-19-16(20)5-4-6-17(19)21/h3-10H,1,11-13H2,2H3,(H,22,24). The van der Waals surface area contributed by atoms with Crippen LogP contribution in [0.1, 0.15) is 5.56 Å². The fourth-order valence-electron chi connectivity index (χ4n) is 2.26. The predicted octanol–water partition coefficient (Wildman–Crippen LogP) is 3.60. The molecule has 25 heavy (non-hydrogen) atoms. The molecule has 0 spiro atoms. The summed E-state index contributed by atoms with van der Waals surface area (Å²) in [6.45, 7) is 4.53. The number of carbonyl (C=O) groups excluding carboxylic acids is 1. The zero-order valence-corrected chi connectivity index (χ0v) is 14.0.